The molecule has 2 heterocycles. The van der Waals surface area contributed by atoms with Crippen LogP contribution in [0.3, 0.4) is 0 Å². The van der Waals surface area contributed by atoms with E-state index >= 15 is 0 Å². The fourth-order valence-corrected chi connectivity index (χ4v) is 2.31. The second kappa shape index (κ2) is 5.32. The summed E-state index contributed by atoms with van der Waals surface area (Å²) in [4.78, 5) is 15.8. The zero-order valence-electron chi connectivity index (χ0n) is 10.5. The number of pyridine rings is 1. The summed E-state index contributed by atoms with van der Waals surface area (Å²) >= 11 is 3.12. The molecule has 7 heteroatoms. The van der Waals surface area contributed by atoms with Gasteiger partial charge in [-0.2, -0.15) is 5.10 Å². The van der Waals surface area contributed by atoms with Crippen LogP contribution in [0.5, 0.6) is 0 Å². The second-order valence-corrected chi connectivity index (χ2v) is 5.67. The van der Waals surface area contributed by atoms with E-state index < -0.39 is 11.7 Å². The molecule has 0 bridgehead atoms. The van der Waals surface area contributed by atoms with Crippen LogP contribution in [-0.4, -0.2) is 21.1 Å². The first-order chi connectivity index (χ1) is 9.63. The molecule has 2 aromatic rings. The van der Waals surface area contributed by atoms with Crippen LogP contribution in [0.15, 0.2) is 23.1 Å². The van der Waals surface area contributed by atoms with Gasteiger partial charge in [-0.15, -0.1) is 0 Å². The summed E-state index contributed by atoms with van der Waals surface area (Å²) in [5.41, 5.74) is 0.897. The molecule has 0 spiro atoms. The standard InChI is InChI=1S/C13H12BrFN4O/c14-11-4-9(10(15)6-16-11)13(20)18-12-8(5-17-19-12)3-7-1-2-7/h4-7H,1-3H2,(H2,17,18,19,20). The number of anilines is 1. The Morgan fingerprint density at radius 2 is 2.30 bits per heavy atom. The van der Waals surface area contributed by atoms with Gasteiger partial charge in [0, 0.05) is 5.56 Å². The minimum absolute atomic E-state index is 0.0566. The van der Waals surface area contributed by atoms with Crippen molar-refractivity contribution in [1.82, 2.24) is 15.2 Å². The predicted octanol–water partition coefficient (Wildman–Crippen LogP) is 2.91. The van der Waals surface area contributed by atoms with Crippen LogP contribution < -0.4 is 5.32 Å². The number of carbonyl (C=O) groups excluding carboxylic acids is 1. The highest BCUT2D eigenvalue weighted by Crippen LogP contribution is 2.34. The molecule has 1 amide bonds. The normalized spacial score (nSPS) is 14.3. The summed E-state index contributed by atoms with van der Waals surface area (Å²) in [6.07, 6.45) is 6.02. The van der Waals surface area contributed by atoms with Gasteiger partial charge >= 0.3 is 0 Å². The average Bonchev–Trinajstić information content (AvgIpc) is 3.13. The highest BCUT2D eigenvalue weighted by molar-refractivity contribution is 9.10. The molecule has 0 unspecified atom stereocenters. The Morgan fingerprint density at radius 3 is 3.05 bits per heavy atom. The minimum Gasteiger partial charge on any atom is -0.307 e. The summed E-state index contributed by atoms with van der Waals surface area (Å²) in [7, 11) is 0. The first kappa shape index (κ1) is 13.2. The summed E-state index contributed by atoms with van der Waals surface area (Å²) in [5, 5.41) is 9.34. The Morgan fingerprint density at radius 1 is 1.50 bits per heavy atom. The van der Waals surface area contributed by atoms with E-state index in [4.69, 9.17) is 0 Å². The van der Waals surface area contributed by atoms with Gasteiger partial charge in [0.05, 0.1) is 18.0 Å². The van der Waals surface area contributed by atoms with Crippen molar-refractivity contribution >= 4 is 27.7 Å². The van der Waals surface area contributed by atoms with E-state index in [1.54, 1.807) is 6.20 Å². The lowest BCUT2D eigenvalue weighted by atomic mass is 10.1. The van der Waals surface area contributed by atoms with Crippen molar-refractivity contribution in [2.24, 2.45) is 5.92 Å². The largest absolute Gasteiger partial charge is 0.307 e. The molecule has 0 atom stereocenters. The molecule has 0 radical (unpaired) electrons. The quantitative estimate of drug-likeness (QED) is 0.842. The number of H-pyrrole nitrogens is 1. The van der Waals surface area contributed by atoms with Gasteiger partial charge < -0.3 is 5.32 Å². The molecule has 0 aromatic carbocycles. The van der Waals surface area contributed by atoms with Crippen LogP contribution >= 0.6 is 15.9 Å². The monoisotopic (exact) mass is 338 g/mol. The van der Waals surface area contributed by atoms with E-state index in [1.807, 2.05) is 0 Å². The first-order valence-corrected chi connectivity index (χ1v) is 7.07. The third-order valence-corrected chi connectivity index (χ3v) is 3.66. The van der Waals surface area contributed by atoms with Gasteiger partial charge in [-0.25, -0.2) is 9.37 Å². The number of nitrogens with one attached hydrogen (secondary N) is 2. The number of aromatic amines is 1. The molecule has 2 aromatic heterocycles. The van der Waals surface area contributed by atoms with E-state index in [1.165, 1.54) is 18.9 Å². The van der Waals surface area contributed by atoms with Gasteiger partial charge in [-0.1, -0.05) is 0 Å². The number of nitrogens with zero attached hydrogens (tertiary/aromatic N) is 2. The first-order valence-electron chi connectivity index (χ1n) is 6.28. The maximum Gasteiger partial charge on any atom is 0.259 e. The third kappa shape index (κ3) is 2.87. The van der Waals surface area contributed by atoms with Gasteiger partial charge in [-0.05, 0) is 47.2 Å². The molecule has 20 heavy (non-hydrogen) atoms. The lowest BCUT2D eigenvalue weighted by Crippen LogP contribution is -2.15. The fourth-order valence-electron chi connectivity index (χ4n) is 1.98. The number of rotatable bonds is 4. The van der Waals surface area contributed by atoms with Crippen LogP contribution in [0, 0.1) is 11.7 Å². The molecule has 104 valence electrons. The van der Waals surface area contributed by atoms with Gasteiger partial charge in [0.2, 0.25) is 0 Å². The van der Waals surface area contributed by atoms with Crippen molar-refractivity contribution in [3.63, 3.8) is 0 Å². The molecular weight excluding hydrogens is 327 g/mol. The SMILES string of the molecule is O=C(Nc1[nH]ncc1CC1CC1)c1cc(Br)ncc1F. The van der Waals surface area contributed by atoms with E-state index in [0.29, 0.717) is 16.3 Å². The lowest BCUT2D eigenvalue weighted by molar-refractivity contribution is 0.102. The van der Waals surface area contributed by atoms with E-state index in [-0.39, 0.29) is 5.56 Å². The molecule has 0 saturated heterocycles. The van der Waals surface area contributed by atoms with Crippen LogP contribution in [-0.2, 0) is 6.42 Å². The zero-order chi connectivity index (χ0) is 14.1. The molecule has 3 rings (SSSR count). The van der Waals surface area contributed by atoms with Gasteiger partial charge in [0.15, 0.2) is 5.82 Å². The highest BCUT2D eigenvalue weighted by Gasteiger charge is 2.24. The van der Waals surface area contributed by atoms with Crippen LogP contribution in [0.25, 0.3) is 0 Å². The van der Waals surface area contributed by atoms with Crippen LogP contribution in [0.1, 0.15) is 28.8 Å². The molecule has 5 nitrogen and oxygen atoms in total. The Hall–Kier alpha value is -1.76. The van der Waals surface area contributed by atoms with Crippen molar-refractivity contribution < 1.29 is 9.18 Å². The molecule has 1 fully saturated rings. The Labute approximate surface area is 123 Å². The molecular formula is C13H12BrFN4O. The predicted molar refractivity (Wildman–Crippen MR) is 74.9 cm³/mol. The van der Waals surface area contributed by atoms with Crippen LogP contribution in [0.2, 0.25) is 0 Å². The van der Waals surface area contributed by atoms with Crippen molar-refractivity contribution in [1.29, 1.82) is 0 Å². The number of halogens is 2. The van der Waals surface area contributed by atoms with Crippen molar-refractivity contribution in [2.75, 3.05) is 5.32 Å². The number of hydrogen-bond acceptors (Lipinski definition) is 3. The van der Waals surface area contributed by atoms with Crippen LogP contribution in [0.4, 0.5) is 10.2 Å². The number of aromatic nitrogens is 3. The van der Waals surface area contributed by atoms with Gasteiger partial charge in [0.25, 0.3) is 5.91 Å². The lowest BCUT2D eigenvalue weighted by Gasteiger charge is -2.06. The fraction of sp³-hybridized carbons (Fsp3) is 0.308. The van der Waals surface area contributed by atoms with Gasteiger partial charge in [-0.3, -0.25) is 9.89 Å². The van der Waals surface area contributed by atoms with E-state index in [0.717, 1.165) is 18.2 Å². The number of carbonyl (C=O) groups is 1. The Bertz CT molecular complexity index is 654. The van der Waals surface area contributed by atoms with Crippen molar-refractivity contribution in [2.45, 2.75) is 19.3 Å². The number of amides is 1. The van der Waals surface area contributed by atoms with Gasteiger partial charge in [0.1, 0.15) is 10.4 Å². The summed E-state index contributed by atoms with van der Waals surface area (Å²) in [6.45, 7) is 0. The highest BCUT2D eigenvalue weighted by atomic mass is 79.9. The summed E-state index contributed by atoms with van der Waals surface area (Å²) < 4.78 is 14.0. The zero-order valence-corrected chi connectivity index (χ0v) is 12.1. The molecule has 2 N–H and O–H groups in total. The average molecular weight is 339 g/mol. The third-order valence-electron chi connectivity index (χ3n) is 3.23. The molecule has 1 saturated carbocycles. The second-order valence-electron chi connectivity index (χ2n) is 4.86. The minimum atomic E-state index is -0.658. The Kier molecular flexibility index (Phi) is 3.52. The van der Waals surface area contributed by atoms with Crippen molar-refractivity contribution in [3.8, 4) is 0 Å². The molecule has 0 aliphatic heterocycles. The van der Waals surface area contributed by atoms with E-state index in [2.05, 4.69) is 36.4 Å². The maximum atomic E-state index is 13.6. The summed E-state index contributed by atoms with van der Waals surface area (Å²) in [5.74, 6) is 0.0325. The van der Waals surface area contributed by atoms with E-state index in [9.17, 15) is 9.18 Å². The van der Waals surface area contributed by atoms with Crippen molar-refractivity contribution in [3.05, 3.63) is 40.0 Å². The maximum absolute atomic E-state index is 13.6. The smallest absolute Gasteiger partial charge is 0.259 e. The number of hydrogen-bond donors (Lipinski definition) is 2. The topological polar surface area (TPSA) is 70.7 Å². The Balaban J connectivity index is 1.78. The molecule has 1 aliphatic rings. The molecule has 1 aliphatic carbocycles. The summed E-state index contributed by atoms with van der Waals surface area (Å²) in [6, 6.07) is 1.35.